The highest BCUT2D eigenvalue weighted by molar-refractivity contribution is 6.03. The number of nitrogens with one attached hydrogen (secondary N) is 1. The highest BCUT2D eigenvalue weighted by Crippen LogP contribution is 2.30. The molecule has 136 valence electrons. The zero-order valence-electron chi connectivity index (χ0n) is 15.3. The van der Waals surface area contributed by atoms with Crippen molar-refractivity contribution >= 4 is 28.8 Å². The van der Waals surface area contributed by atoms with Crippen LogP contribution >= 0.6 is 0 Å². The minimum atomic E-state index is -0.663. The van der Waals surface area contributed by atoms with Gasteiger partial charge in [-0.3, -0.25) is 9.88 Å². The fourth-order valence-electron chi connectivity index (χ4n) is 2.19. The average molecular weight is 348 g/mol. The summed E-state index contributed by atoms with van der Waals surface area (Å²) in [4.78, 5) is 24.5. The molecule has 25 heavy (non-hydrogen) atoms. The van der Waals surface area contributed by atoms with Crippen molar-refractivity contribution in [3.63, 3.8) is 0 Å². The van der Waals surface area contributed by atoms with Gasteiger partial charge in [0.1, 0.15) is 17.0 Å². The smallest absolute Gasteiger partial charge is 0.419 e. The molecule has 2 N–H and O–H groups in total. The number of fused-ring (bicyclic) bond motifs is 1. The van der Waals surface area contributed by atoms with E-state index in [2.05, 4.69) is 5.32 Å². The van der Waals surface area contributed by atoms with Gasteiger partial charge in [-0.15, -0.1) is 0 Å². The Morgan fingerprint density at radius 2 is 1.64 bits per heavy atom. The Morgan fingerprint density at radius 1 is 1.04 bits per heavy atom. The first kappa shape index (κ1) is 18.6. The van der Waals surface area contributed by atoms with E-state index >= 15 is 0 Å². The van der Waals surface area contributed by atoms with Gasteiger partial charge in [0.2, 0.25) is 0 Å². The Morgan fingerprint density at radius 3 is 2.20 bits per heavy atom. The van der Waals surface area contributed by atoms with Crippen molar-refractivity contribution in [3.05, 3.63) is 24.4 Å². The molecular weight excluding hydrogens is 324 g/mol. The zero-order valence-corrected chi connectivity index (χ0v) is 15.3. The molecule has 0 atom stereocenters. The number of benzene rings is 1. The third-order valence-electron chi connectivity index (χ3n) is 3.01. The molecule has 1 aromatic heterocycles. The second-order valence-electron chi connectivity index (χ2n) is 7.72. The molecule has 7 heteroatoms. The van der Waals surface area contributed by atoms with Crippen LogP contribution in [0.5, 0.6) is 5.75 Å². The Hall–Kier alpha value is -2.70. The van der Waals surface area contributed by atoms with E-state index in [0.29, 0.717) is 16.6 Å². The Balaban J connectivity index is 2.42. The maximum atomic E-state index is 12.4. The molecule has 0 aliphatic carbocycles. The van der Waals surface area contributed by atoms with Gasteiger partial charge in [-0.05, 0) is 59.7 Å². The maximum absolute atomic E-state index is 12.4. The molecule has 2 aromatic rings. The molecule has 0 saturated heterocycles. The number of aromatic hydroxyl groups is 1. The molecule has 0 radical (unpaired) electrons. The largest absolute Gasteiger partial charge is 0.508 e. The predicted octanol–water partition coefficient (Wildman–Crippen LogP) is 4.48. The predicted molar refractivity (Wildman–Crippen MR) is 95.1 cm³/mol. The van der Waals surface area contributed by atoms with Gasteiger partial charge < -0.3 is 14.6 Å². The lowest BCUT2D eigenvalue weighted by atomic mass is 10.2. The van der Waals surface area contributed by atoms with Crippen LogP contribution in [0.1, 0.15) is 41.5 Å². The third-order valence-corrected chi connectivity index (χ3v) is 3.01. The van der Waals surface area contributed by atoms with E-state index in [9.17, 15) is 14.7 Å². The Kier molecular flexibility index (Phi) is 4.70. The minimum absolute atomic E-state index is 0.0154. The average Bonchev–Trinajstić information content (AvgIpc) is 2.73. The lowest BCUT2D eigenvalue weighted by molar-refractivity contribution is 0.0542. The van der Waals surface area contributed by atoms with Crippen molar-refractivity contribution in [1.29, 1.82) is 0 Å². The van der Waals surface area contributed by atoms with Crippen molar-refractivity contribution < 1.29 is 24.2 Å². The molecule has 1 amide bonds. The summed E-state index contributed by atoms with van der Waals surface area (Å²) in [5.74, 6) is 0.0154. The van der Waals surface area contributed by atoms with Crippen LogP contribution in [-0.4, -0.2) is 33.1 Å². The molecular formula is C18H24N2O5. The van der Waals surface area contributed by atoms with Crippen LogP contribution < -0.4 is 5.32 Å². The van der Waals surface area contributed by atoms with E-state index in [1.807, 2.05) is 0 Å². The molecule has 1 heterocycles. The molecule has 0 saturated carbocycles. The number of rotatable bonds is 1. The van der Waals surface area contributed by atoms with Crippen molar-refractivity contribution in [2.75, 3.05) is 5.32 Å². The number of aromatic nitrogens is 1. The highest BCUT2D eigenvalue weighted by atomic mass is 16.6. The van der Waals surface area contributed by atoms with Gasteiger partial charge in [0.05, 0.1) is 11.2 Å². The first-order valence-electron chi connectivity index (χ1n) is 7.93. The molecule has 0 bridgehead atoms. The van der Waals surface area contributed by atoms with Gasteiger partial charge in [-0.2, -0.15) is 0 Å². The molecule has 0 fully saturated rings. The fraction of sp³-hybridized carbons (Fsp3) is 0.444. The van der Waals surface area contributed by atoms with E-state index in [0.717, 1.165) is 0 Å². The van der Waals surface area contributed by atoms with Crippen LogP contribution in [0.2, 0.25) is 0 Å². The number of anilines is 1. The lowest BCUT2D eigenvalue weighted by Crippen LogP contribution is -2.27. The number of nitrogens with zero attached hydrogens (tertiary/aromatic N) is 1. The first-order chi connectivity index (χ1) is 11.4. The van der Waals surface area contributed by atoms with Gasteiger partial charge in [-0.1, -0.05) is 0 Å². The van der Waals surface area contributed by atoms with Crippen LogP contribution in [0.15, 0.2) is 24.4 Å². The van der Waals surface area contributed by atoms with E-state index in [1.165, 1.54) is 22.9 Å². The monoisotopic (exact) mass is 348 g/mol. The summed E-state index contributed by atoms with van der Waals surface area (Å²) in [7, 11) is 0. The second kappa shape index (κ2) is 6.31. The van der Waals surface area contributed by atoms with Crippen LogP contribution in [0.4, 0.5) is 15.3 Å². The van der Waals surface area contributed by atoms with Crippen LogP contribution in [0.25, 0.3) is 10.9 Å². The van der Waals surface area contributed by atoms with Gasteiger partial charge in [0, 0.05) is 11.6 Å². The molecule has 1 aromatic carbocycles. The minimum Gasteiger partial charge on any atom is -0.508 e. The van der Waals surface area contributed by atoms with Crippen molar-refractivity contribution in [3.8, 4) is 5.75 Å². The normalized spacial score (nSPS) is 12.1. The van der Waals surface area contributed by atoms with Gasteiger partial charge >= 0.3 is 12.2 Å². The molecule has 7 nitrogen and oxygen atoms in total. The summed E-state index contributed by atoms with van der Waals surface area (Å²) in [6.45, 7) is 10.6. The molecule has 0 aliphatic rings. The second-order valence-corrected chi connectivity index (χ2v) is 7.72. The lowest BCUT2D eigenvalue weighted by Gasteiger charge is -2.20. The van der Waals surface area contributed by atoms with E-state index in [1.54, 1.807) is 47.6 Å². The van der Waals surface area contributed by atoms with E-state index in [-0.39, 0.29) is 5.75 Å². The van der Waals surface area contributed by atoms with Crippen LogP contribution in [0.3, 0.4) is 0 Å². The van der Waals surface area contributed by atoms with Crippen molar-refractivity contribution in [2.45, 2.75) is 52.7 Å². The van der Waals surface area contributed by atoms with Crippen LogP contribution in [-0.2, 0) is 9.47 Å². The van der Waals surface area contributed by atoms with Gasteiger partial charge in [0.15, 0.2) is 0 Å². The maximum Gasteiger partial charge on any atom is 0.419 e. The summed E-state index contributed by atoms with van der Waals surface area (Å²) in [6.07, 6.45) is 0.210. The number of hydrogen-bond acceptors (Lipinski definition) is 5. The van der Waals surface area contributed by atoms with Crippen molar-refractivity contribution in [2.24, 2.45) is 0 Å². The van der Waals surface area contributed by atoms with Gasteiger partial charge in [-0.25, -0.2) is 9.59 Å². The Bertz CT molecular complexity index is 809. The molecule has 0 aliphatic heterocycles. The van der Waals surface area contributed by atoms with Gasteiger partial charge in [0.25, 0.3) is 0 Å². The van der Waals surface area contributed by atoms with E-state index in [4.69, 9.17) is 9.47 Å². The fourth-order valence-corrected chi connectivity index (χ4v) is 2.19. The quantitative estimate of drug-likeness (QED) is 0.793. The number of phenols is 1. The molecule has 0 unspecified atom stereocenters. The summed E-state index contributed by atoms with van der Waals surface area (Å²) in [5.41, 5.74) is -0.483. The standard InChI is InChI=1S/C18H24N2O5/c1-17(2,3)24-15(22)19-13-10-20(16(23)25-18(4,5)6)14-8-7-11(21)9-12(13)14/h7-10,21H,1-6H3,(H,19,22). The van der Waals surface area contributed by atoms with E-state index < -0.39 is 23.4 Å². The van der Waals surface area contributed by atoms with Crippen molar-refractivity contribution in [1.82, 2.24) is 4.57 Å². The topological polar surface area (TPSA) is 89.8 Å². The molecule has 0 spiro atoms. The summed E-state index contributed by atoms with van der Waals surface area (Å²) >= 11 is 0. The van der Waals surface area contributed by atoms with Crippen LogP contribution in [0, 0.1) is 0 Å². The first-order valence-corrected chi connectivity index (χ1v) is 7.93. The number of phenolic OH excluding ortho intramolecular Hbond substituents is 1. The zero-order chi connectivity index (χ0) is 19.0. The number of carbonyl (C=O) groups excluding carboxylic acids is 2. The SMILES string of the molecule is CC(C)(C)OC(=O)Nc1cn(C(=O)OC(C)(C)C)c2ccc(O)cc12. The third kappa shape index (κ3) is 4.89. The summed E-state index contributed by atoms with van der Waals surface area (Å²) in [5, 5.41) is 12.8. The molecule has 2 rings (SSSR count). The summed E-state index contributed by atoms with van der Waals surface area (Å²) < 4.78 is 11.9. The Labute approximate surface area is 146 Å². The summed E-state index contributed by atoms with van der Waals surface area (Å²) in [6, 6.07) is 4.50. The number of amides is 1. The number of carbonyl (C=O) groups is 2. The highest BCUT2D eigenvalue weighted by Gasteiger charge is 2.23. The number of hydrogen-bond donors (Lipinski definition) is 2. The number of ether oxygens (including phenoxy) is 2.